The van der Waals surface area contributed by atoms with Crippen molar-refractivity contribution in [3.8, 4) is 34.2 Å². The average Bonchev–Trinajstić information content (AvgIpc) is 3.49. The number of ether oxygens (including phenoxy) is 1. The zero-order valence-corrected chi connectivity index (χ0v) is 18.0. The maximum atomic E-state index is 15.1. The SMILES string of the molecule is COc1cn(-c2ccc(-n3cc(Cl)cn3)cc2F)nc(-c2ccnn2-c2ccccc2)c1=O. The lowest BCUT2D eigenvalue weighted by Crippen LogP contribution is -2.18. The van der Waals surface area contributed by atoms with Crippen molar-refractivity contribution in [2.24, 2.45) is 0 Å². The number of hydrogen-bond acceptors (Lipinski definition) is 5. The van der Waals surface area contributed by atoms with Crippen LogP contribution < -0.4 is 10.2 Å². The molecule has 3 heterocycles. The lowest BCUT2D eigenvalue weighted by Gasteiger charge is -2.13. The van der Waals surface area contributed by atoms with Crippen LogP contribution in [0.4, 0.5) is 4.39 Å². The first-order valence-corrected chi connectivity index (χ1v) is 10.2. The number of hydrogen-bond donors (Lipinski definition) is 0. The molecule has 0 unspecified atom stereocenters. The minimum absolute atomic E-state index is 0.0168. The molecule has 0 N–H and O–H groups in total. The Kier molecular flexibility index (Phi) is 5.23. The van der Waals surface area contributed by atoms with Gasteiger partial charge in [-0.15, -0.1) is 0 Å². The zero-order valence-electron chi connectivity index (χ0n) is 17.3. The van der Waals surface area contributed by atoms with Gasteiger partial charge in [0.15, 0.2) is 17.3 Å². The second-order valence-electron chi connectivity index (χ2n) is 7.02. The third kappa shape index (κ3) is 3.79. The first-order chi connectivity index (χ1) is 16.0. The Labute approximate surface area is 192 Å². The first kappa shape index (κ1) is 20.7. The molecule has 0 aliphatic heterocycles. The van der Waals surface area contributed by atoms with Gasteiger partial charge in [-0.2, -0.15) is 15.3 Å². The summed E-state index contributed by atoms with van der Waals surface area (Å²) in [5.41, 5.74) is 1.44. The Morgan fingerprint density at radius 2 is 1.79 bits per heavy atom. The summed E-state index contributed by atoms with van der Waals surface area (Å²) in [6, 6.07) is 15.5. The number of nitrogens with zero attached hydrogens (tertiary/aromatic N) is 6. The standard InChI is InChI=1S/C23H16ClFN6O2/c1-33-21-14-30(19-8-7-17(11-18(19)25)29-13-15(24)12-27-29)28-22(23(21)32)20-9-10-26-31(20)16-5-3-2-4-6-16/h2-14H,1H3. The molecule has 5 aromatic rings. The number of benzene rings is 2. The summed E-state index contributed by atoms with van der Waals surface area (Å²) < 4.78 is 24.7. The van der Waals surface area contributed by atoms with Crippen LogP contribution in [0.3, 0.4) is 0 Å². The van der Waals surface area contributed by atoms with Crippen molar-refractivity contribution in [2.45, 2.75) is 0 Å². The van der Waals surface area contributed by atoms with E-state index in [1.54, 1.807) is 29.2 Å². The van der Waals surface area contributed by atoms with Crippen molar-refractivity contribution in [1.29, 1.82) is 0 Å². The van der Waals surface area contributed by atoms with E-state index in [-0.39, 0.29) is 17.1 Å². The van der Waals surface area contributed by atoms with Gasteiger partial charge in [0, 0.05) is 12.3 Å². The Bertz CT molecular complexity index is 1510. The molecule has 0 saturated carbocycles. The molecule has 164 valence electrons. The Balaban J connectivity index is 1.64. The largest absolute Gasteiger partial charge is 0.491 e. The molecule has 0 aliphatic carbocycles. The van der Waals surface area contributed by atoms with Crippen LogP contribution in [0.1, 0.15) is 0 Å². The lowest BCUT2D eigenvalue weighted by molar-refractivity contribution is 0.405. The van der Waals surface area contributed by atoms with Crippen LogP contribution in [0.25, 0.3) is 28.5 Å². The first-order valence-electron chi connectivity index (χ1n) is 9.83. The number of rotatable bonds is 5. The fraction of sp³-hybridized carbons (Fsp3) is 0.0435. The fourth-order valence-corrected chi connectivity index (χ4v) is 3.56. The monoisotopic (exact) mass is 462 g/mol. The van der Waals surface area contributed by atoms with Crippen LogP contribution in [0, 0.1) is 5.82 Å². The highest BCUT2D eigenvalue weighted by atomic mass is 35.5. The van der Waals surface area contributed by atoms with E-state index in [1.165, 1.54) is 41.0 Å². The summed E-state index contributed by atoms with van der Waals surface area (Å²) in [5, 5.41) is 13.3. The summed E-state index contributed by atoms with van der Waals surface area (Å²) in [7, 11) is 1.38. The van der Waals surface area contributed by atoms with Gasteiger partial charge in [0.25, 0.3) is 5.43 Å². The number of methoxy groups -OCH3 is 1. The van der Waals surface area contributed by atoms with Gasteiger partial charge in [0.2, 0.25) is 0 Å². The number of halogens is 2. The van der Waals surface area contributed by atoms with E-state index < -0.39 is 11.2 Å². The highest BCUT2D eigenvalue weighted by Crippen LogP contribution is 2.23. The molecule has 33 heavy (non-hydrogen) atoms. The molecule has 8 nitrogen and oxygen atoms in total. The molecule has 0 radical (unpaired) electrons. The maximum absolute atomic E-state index is 15.1. The van der Waals surface area contributed by atoms with E-state index in [9.17, 15) is 4.79 Å². The molecule has 0 amide bonds. The van der Waals surface area contributed by atoms with Crippen molar-refractivity contribution in [2.75, 3.05) is 7.11 Å². The van der Waals surface area contributed by atoms with Crippen molar-refractivity contribution < 1.29 is 9.13 Å². The van der Waals surface area contributed by atoms with Crippen molar-refractivity contribution in [3.63, 3.8) is 0 Å². The third-order valence-electron chi connectivity index (χ3n) is 4.99. The molecule has 2 aromatic carbocycles. The highest BCUT2D eigenvalue weighted by Gasteiger charge is 2.19. The summed E-state index contributed by atoms with van der Waals surface area (Å²) in [6.07, 6.45) is 5.94. The Morgan fingerprint density at radius 3 is 2.48 bits per heavy atom. The summed E-state index contributed by atoms with van der Waals surface area (Å²) in [5.74, 6) is -0.553. The summed E-state index contributed by atoms with van der Waals surface area (Å²) >= 11 is 5.91. The minimum Gasteiger partial charge on any atom is -0.491 e. The van der Waals surface area contributed by atoms with Crippen molar-refractivity contribution in [3.05, 3.63) is 100 Å². The van der Waals surface area contributed by atoms with E-state index >= 15 is 4.39 Å². The van der Waals surface area contributed by atoms with E-state index in [0.717, 1.165) is 5.69 Å². The third-order valence-corrected chi connectivity index (χ3v) is 5.18. The molecule has 0 saturated heterocycles. The van der Waals surface area contributed by atoms with Crippen LogP contribution in [-0.4, -0.2) is 36.5 Å². The Morgan fingerprint density at radius 1 is 0.970 bits per heavy atom. The predicted octanol–water partition coefficient (Wildman–Crippen LogP) is 4.07. The van der Waals surface area contributed by atoms with Gasteiger partial charge in [0.1, 0.15) is 5.69 Å². The number of aromatic nitrogens is 6. The van der Waals surface area contributed by atoms with Crippen LogP contribution in [0.5, 0.6) is 5.75 Å². The van der Waals surface area contributed by atoms with Gasteiger partial charge >= 0.3 is 0 Å². The average molecular weight is 463 g/mol. The van der Waals surface area contributed by atoms with Crippen LogP contribution in [0.2, 0.25) is 5.02 Å². The van der Waals surface area contributed by atoms with E-state index in [1.807, 2.05) is 30.3 Å². The van der Waals surface area contributed by atoms with Crippen LogP contribution >= 0.6 is 11.6 Å². The maximum Gasteiger partial charge on any atom is 0.251 e. The van der Waals surface area contributed by atoms with Crippen LogP contribution in [0.15, 0.2) is 84.2 Å². The van der Waals surface area contributed by atoms with Crippen LogP contribution in [-0.2, 0) is 0 Å². The predicted molar refractivity (Wildman–Crippen MR) is 121 cm³/mol. The van der Waals surface area contributed by atoms with Crippen molar-refractivity contribution >= 4 is 11.6 Å². The molecule has 0 bridgehead atoms. The lowest BCUT2D eigenvalue weighted by atomic mass is 10.2. The molecule has 10 heteroatoms. The molecular weight excluding hydrogens is 447 g/mol. The smallest absolute Gasteiger partial charge is 0.251 e. The molecular formula is C23H16ClFN6O2. The minimum atomic E-state index is -0.570. The molecule has 3 aromatic heterocycles. The van der Waals surface area contributed by atoms with Gasteiger partial charge in [-0.25, -0.2) is 18.4 Å². The zero-order chi connectivity index (χ0) is 22.9. The molecule has 0 spiro atoms. The number of para-hydroxylation sites is 1. The molecule has 0 aliphatic rings. The quantitative estimate of drug-likeness (QED) is 0.393. The normalized spacial score (nSPS) is 11.0. The fourth-order valence-electron chi connectivity index (χ4n) is 3.43. The van der Waals surface area contributed by atoms with E-state index in [0.29, 0.717) is 16.4 Å². The second kappa shape index (κ2) is 8.36. The van der Waals surface area contributed by atoms with E-state index in [4.69, 9.17) is 16.3 Å². The second-order valence-corrected chi connectivity index (χ2v) is 7.46. The molecule has 0 atom stereocenters. The van der Waals surface area contributed by atoms with Gasteiger partial charge in [-0.05, 0) is 30.3 Å². The Hall–Kier alpha value is -4.24. The summed E-state index contributed by atoms with van der Waals surface area (Å²) in [4.78, 5) is 13.0. The van der Waals surface area contributed by atoms with Gasteiger partial charge < -0.3 is 4.74 Å². The summed E-state index contributed by atoms with van der Waals surface area (Å²) in [6.45, 7) is 0. The van der Waals surface area contributed by atoms with Gasteiger partial charge in [-0.3, -0.25) is 4.79 Å². The van der Waals surface area contributed by atoms with Crippen molar-refractivity contribution in [1.82, 2.24) is 29.3 Å². The molecule has 0 fully saturated rings. The molecule has 5 rings (SSSR count). The van der Waals surface area contributed by atoms with E-state index in [2.05, 4.69) is 15.3 Å². The highest BCUT2D eigenvalue weighted by molar-refractivity contribution is 6.30. The van der Waals surface area contributed by atoms with Gasteiger partial charge in [-0.1, -0.05) is 29.8 Å². The van der Waals surface area contributed by atoms with Gasteiger partial charge in [0.05, 0.1) is 47.8 Å². The topological polar surface area (TPSA) is 79.8 Å².